The van der Waals surface area contributed by atoms with Crippen molar-refractivity contribution in [2.24, 2.45) is 0 Å². The van der Waals surface area contributed by atoms with Crippen molar-refractivity contribution in [1.29, 1.82) is 0 Å². The van der Waals surface area contributed by atoms with Gasteiger partial charge in [-0.3, -0.25) is 19.0 Å². The second-order valence-electron chi connectivity index (χ2n) is 7.92. The number of likely N-dealkylation sites (tertiary alicyclic amines) is 1. The Labute approximate surface area is 168 Å². The van der Waals surface area contributed by atoms with Gasteiger partial charge in [-0.15, -0.1) is 11.3 Å². The maximum atomic E-state index is 13.3. The molecular weight excluding hydrogens is 376 g/mol. The maximum absolute atomic E-state index is 13.3. The zero-order valence-corrected chi connectivity index (χ0v) is 17.5. The zero-order chi connectivity index (χ0) is 20.0. The summed E-state index contributed by atoms with van der Waals surface area (Å²) in [6.07, 6.45) is 5.43. The van der Waals surface area contributed by atoms with E-state index in [9.17, 15) is 14.4 Å². The fourth-order valence-corrected chi connectivity index (χ4v) is 5.46. The minimum absolute atomic E-state index is 0.0305. The molecule has 2 aromatic rings. The van der Waals surface area contributed by atoms with Crippen molar-refractivity contribution in [1.82, 2.24) is 19.4 Å². The van der Waals surface area contributed by atoms with Crippen LogP contribution in [0.3, 0.4) is 0 Å². The monoisotopic (exact) mass is 402 g/mol. The van der Waals surface area contributed by atoms with E-state index in [0.717, 1.165) is 37.9 Å². The van der Waals surface area contributed by atoms with Crippen molar-refractivity contribution in [3.05, 3.63) is 26.6 Å². The van der Waals surface area contributed by atoms with Crippen LogP contribution in [-0.2, 0) is 17.8 Å². The molecule has 1 fully saturated rings. The normalized spacial score (nSPS) is 19.5. The van der Waals surface area contributed by atoms with Gasteiger partial charge in [0.2, 0.25) is 5.91 Å². The van der Waals surface area contributed by atoms with Gasteiger partial charge in [0.05, 0.1) is 10.3 Å². The zero-order valence-electron chi connectivity index (χ0n) is 16.7. The second-order valence-corrected chi connectivity index (χ2v) is 8.92. The van der Waals surface area contributed by atoms with E-state index >= 15 is 0 Å². The van der Waals surface area contributed by atoms with Crippen LogP contribution in [0.2, 0.25) is 0 Å². The molecule has 0 aromatic carbocycles. The first kappa shape index (κ1) is 19.1. The average molecular weight is 403 g/mol. The van der Waals surface area contributed by atoms with Gasteiger partial charge in [0.15, 0.2) is 0 Å². The van der Waals surface area contributed by atoms with E-state index in [2.05, 4.69) is 0 Å². The van der Waals surface area contributed by atoms with E-state index in [1.807, 2.05) is 6.92 Å². The summed E-state index contributed by atoms with van der Waals surface area (Å²) in [5, 5.41) is 0.564. The number of thiophene rings is 1. The summed E-state index contributed by atoms with van der Waals surface area (Å²) in [5.41, 5.74) is 0.669. The van der Waals surface area contributed by atoms with Crippen LogP contribution in [-0.4, -0.2) is 57.8 Å². The third-order valence-corrected chi connectivity index (χ3v) is 7.02. The summed E-state index contributed by atoms with van der Waals surface area (Å²) in [6.45, 7) is 3.10. The van der Waals surface area contributed by atoms with Gasteiger partial charge in [0, 0.05) is 33.6 Å². The highest BCUT2D eigenvalue weighted by Crippen LogP contribution is 2.31. The average Bonchev–Trinajstić information content (AvgIpc) is 3.19. The summed E-state index contributed by atoms with van der Waals surface area (Å²) >= 11 is 1.29. The first-order chi connectivity index (χ1) is 13.4. The van der Waals surface area contributed by atoms with Crippen molar-refractivity contribution in [3.8, 4) is 0 Å². The summed E-state index contributed by atoms with van der Waals surface area (Å²) in [6, 6.07) is -0.419. The minimum Gasteiger partial charge on any atom is -0.347 e. The molecule has 7 nitrogen and oxygen atoms in total. The molecule has 2 amide bonds. The van der Waals surface area contributed by atoms with Crippen LogP contribution in [0, 0.1) is 6.92 Å². The smallest absolute Gasteiger partial charge is 0.264 e. The van der Waals surface area contributed by atoms with Gasteiger partial charge in [-0.2, -0.15) is 0 Å². The quantitative estimate of drug-likeness (QED) is 0.772. The van der Waals surface area contributed by atoms with E-state index in [4.69, 9.17) is 4.98 Å². The number of aromatic nitrogens is 2. The van der Waals surface area contributed by atoms with Crippen LogP contribution in [0.15, 0.2) is 4.79 Å². The lowest BCUT2D eigenvalue weighted by Gasteiger charge is -2.26. The molecule has 1 saturated heterocycles. The molecule has 0 aliphatic carbocycles. The number of aryl methyl sites for hydroxylation is 2. The van der Waals surface area contributed by atoms with Gasteiger partial charge in [0.25, 0.3) is 11.5 Å². The Kier molecular flexibility index (Phi) is 4.99. The van der Waals surface area contributed by atoms with E-state index < -0.39 is 6.04 Å². The Bertz CT molecular complexity index is 1010. The Morgan fingerprint density at radius 3 is 2.68 bits per heavy atom. The molecular formula is C20H26N4O3S. The molecule has 150 valence electrons. The number of rotatable bonds is 2. The fraction of sp³-hybridized carbons (Fsp3) is 0.600. The Balaban J connectivity index is 1.76. The van der Waals surface area contributed by atoms with Crippen LogP contribution in [0.4, 0.5) is 0 Å². The molecule has 0 spiro atoms. The number of carbonyl (C=O) groups excluding carboxylic acids is 2. The number of fused-ring (bicyclic) bond motifs is 2. The van der Waals surface area contributed by atoms with Crippen molar-refractivity contribution in [2.75, 3.05) is 20.6 Å². The molecule has 0 bridgehead atoms. The van der Waals surface area contributed by atoms with E-state index in [1.54, 1.807) is 28.5 Å². The van der Waals surface area contributed by atoms with Crippen LogP contribution in [0.25, 0.3) is 10.2 Å². The molecule has 0 radical (unpaired) electrons. The molecule has 4 rings (SSSR count). The van der Waals surface area contributed by atoms with Gasteiger partial charge in [0.1, 0.15) is 16.7 Å². The Morgan fingerprint density at radius 1 is 1.14 bits per heavy atom. The summed E-state index contributed by atoms with van der Waals surface area (Å²) in [4.78, 5) is 48.0. The van der Waals surface area contributed by atoms with Crippen molar-refractivity contribution in [3.63, 3.8) is 0 Å². The fourth-order valence-electron chi connectivity index (χ4n) is 4.31. The Hall–Kier alpha value is -2.22. The van der Waals surface area contributed by atoms with Crippen LogP contribution < -0.4 is 5.56 Å². The van der Waals surface area contributed by atoms with Gasteiger partial charge in [-0.25, -0.2) is 4.98 Å². The highest BCUT2D eigenvalue weighted by Gasteiger charge is 2.37. The third kappa shape index (κ3) is 3.03. The van der Waals surface area contributed by atoms with Crippen molar-refractivity contribution >= 4 is 33.4 Å². The molecule has 2 aliphatic rings. The molecule has 0 N–H and O–H groups in total. The van der Waals surface area contributed by atoms with Crippen LogP contribution in [0.1, 0.15) is 53.2 Å². The van der Waals surface area contributed by atoms with E-state index in [0.29, 0.717) is 40.2 Å². The molecule has 1 atom stereocenters. The van der Waals surface area contributed by atoms with Gasteiger partial charge >= 0.3 is 0 Å². The Morgan fingerprint density at radius 2 is 1.93 bits per heavy atom. The molecule has 2 aliphatic heterocycles. The predicted molar refractivity (Wildman–Crippen MR) is 109 cm³/mol. The topological polar surface area (TPSA) is 75.5 Å². The number of hydrogen-bond donors (Lipinski definition) is 0. The lowest BCUT2D eigenvalue weighted by molar-refractivity contribution is -0.132. The summed E-state index contributed by atoms with van der Waals surface area (Å²) < 4.78 is 1.79. The number of nitrogens with zero attached hydrogens (tertiary/aromatic N) is 4. The largest absolute Gasteiger partial charge is 0.347 e. The van der Waals surface area contributed by atoms with E-state index in [-0.39, 0.29) is 17.4 Å². The SMILES string of the molecule is Cc1c(C(=O)N2CCCC2C(=O)N(C)C)sc2nc3n(c(=O)c12)CCCCC3. The highest BCUT2D eigenvalue weighted by atomic mass is 32.1. The van der Waals surface area contributed by atoms with Crippen LogP contribution >= 0.6 is 11.3 Å². The minimum atomic E-state index is -0.419. The lowest BCUT2D eigenvalue weighted by Crippen LogP contribution is -2.45. The maximum Gasteiger partial charge on any atom is 0.264 e. The van der Waals surface area contributed by atoms with Gasteiger partial charge in [-0.05, 0) is 38.2 Å². The first-order valence-electron chi connectivity index (χ1n) is 9.95. The lowest BCUT2D eigenvalue weighted by atomic mass is 10.1. The predicted octanol–water partition coefficient (Wildman–Crippen LogP) is 2.19. The molecule has 2 aromatic heterocycles. The van der Waals surface area contributed by atoms with Gasteiger partial charge in [-0.1, -0.05) is 6.42 Å². The van der Waals surface area contributed by atoms with Crippen molar-refractivity contribution < 1.29 is 9.59 Å². The van der Waals surface area contributed by atoms with Gasteiger partial charge < -0.3 is 9.80 Å². The molecule has 28 heavy (non-hydrogen) atoms. The number of carbonyl (C=O) groups is 2. The molecule has 8 heteroatoms. The second kappa shape index (κ2) is 7.31. The molecule has 1 unspecified atom stereocenters. The summed E-state index contributed by atoms with van der Waals surface area (Å²) in [7, 11) is 3.43. The van der Waals surface area contributed by atoms with Crippen LogP contribution in [0.5, 0.6) is 0 Å². The van der Waals surface area contributed by atoms with E-state index in [1.165, 1.54) is 11.3 Å². The number of amides is 2. The highest BCUT2D eigenvalue weighted by molar-refractivity contribution is 7.20. The third-order valence-electron chi connectivity index (χ3n) is 5.85. The number of hydrogen-bond acceptors (Lipinski definition) is 5. The first-order valence-corrected chi connectivity index (χ1v) is 10.8. The van der Waals surface area contributed by atoms with Crippen molar-refractivity contribution in [2.45, 2.75) is 58.0 Å². The molecule has 4 heterocycles. The standard InChI is InChI=1S/C20H26N4O3S/c1-12-15-17(21-14-9-5-4-6-10-24(14)19(15)26)28-16(12)20(27)23-11-7-8-13(23)18(25)22(2)3/h13H,4-11H2,1-3H3. The summed E-state index contributed by atoms with van der Waals surface area (Å²) in [5.74, 6) is 0.629. The number of likely N-dealkylation sites (N-methyl/N-ethyl adjacent to an activating group) is 1. The molecule has 0 saturated carbocycles.